The Balaban J connectivity index is 1.18. The number of aromatic nitrogens is 2. The van der Waals surface area contributed by atoms with Crippen LogP contribution in [0.15, 0.2) is 47.1 Å². The third-order valence-corrected chi connectivity index (χ3v) is 7.31. The second-order valence-electron chi connectivity index (χ2n) is 9.54. The molecule has 1 saturated carbocycles. The number of piperidine rings is 1. The van der Waals surface area contributed by atoms with Gasteiger partial charge in [-0.15, -0.1) is 0 Å². The van der Waals surface area contributed by atoms with Crippen LogP contribution in [0.25, 0.3) is 11.3 Å². The zero-order valence-corrected chi connectivity index (χ0v) is 18.7. The van der Waals surface area contributed by atoms with Gasteiger partial charge in [0.25, 0.3) is 0 Å². The fourth-order valence-corrected chi connectivity index (χ4v) is 5.50. The van der Waals surface area contributed by atoms with Crippen LogP contribution in [0.1, 0.15) is 66.1 Å². The molecule has 176 valence electrons. The van der Waals surface area contributed by atoms with Crippen LogP contribution >= 0.6 is 0 Å². The predicted octanol–water partition coefficient (Wildman–Crippen LogP) is 5.17. The first kappa shape index (κ1) is 21.3. The van der Waals surface area contributed by atoms with Gasteiger partial charge in [-0.25, -0.2) is 14.2 Å². The number of carbonyl (C=O) groups is 1. The van der Waals surface area contributed by atoms with Gasteiger partial charge in [-0.3, -0.25) is 0 Å². The summed E-state index contributed by atoms with van der Waals surface area (Å²) in [6, 6.07) is 10.7. The van der Waals surface area contributed by atoms with E-state index in [4.69, 9.17) is 14.4 Å². The lowest BCUT2D eigenvalue weighted by molar-refractivity contribution is 0.0146. The largest absolute Gasteiger partial charge is 0.478 e. The lowest BCUT2D eigenvalue weighted by atomic mass is 9.99. The summed E-state index contributed by atoms with van der Waals surface area (Å²) >= 11 is 0. The number of anilines is 1. The van der Waals surface area contributed by atoms with E-state index in [1.54, 1.807) is 30.3 Å². The maximum atomic E-state index is 14.5. The Bertz CT molecular complexity index is 1190. The molecule has 34 heavy (non-hydrogen) atoms. The van der Waals surface area contributed by atoms with E-state index < -0.39 is 5.97 Å². The van der Waals surface area contributed by atoms with Gasteiger partial charge >= 0.3 is 5.97 Å². The van der Waals surface area contributed by atoms with Crippen LogP contribution < -0.4 is 4.90 Å². The molecule has 0 radical (unpaired) electrons. The zero-order valence-electron chi connectivity index (χ0n) is 18.7. The van der Waals surface area contributed by atoms with E-state index in [0.717, 1.165) is 55.7 Å². The molecule has 1 N–H and O–H groups in total. The van der Waals surface area contributed by atoms with E-state index >= 15 is 0 Å². The summed E-state index contributed by atoms with van der Waals surface area (Å²) in [6.45, 7) is 0.356. The molecule has 2 aromatic heterocycles. The summed E-state index contributed by atoms with van der Waals surface area (Å²) in [4.78, 5) is 17.9. The minimum Gasteiger partial charge on any atom is -0.478 e. The number of rotatable bonds is 7. The van der Waals surface area contributed by atoms with E-state index in [0.29, 0.717) is 35.9 Å². The minimum absolute atomic E-state index is 0.0856. The SMILES string of the molecule is O=C(O)c1ccc(N2C3CCC2CC(OCc2c(-c4ccccc4F)noc2C2CC2)C3)nc1. The highest BCUT2D eigenvalue weighted by Gasteiger charge is 2.42. The van der Waals surface area contributed by atoms with Crippen molar-refractivity contribution in [3.63, 3.8) is 0 Å². The molecule has 8 heteroatoms. The maximum Gasteiger partial charge on any atom is 0.337 e. The Morgan fingerprint density at radius 3 is 2.53 bits per heavy atom. The van der Waals surface area contributed by atoms with Crippen molar-refractivity contribution in [2.75, 3.05) is 4.90 Å². The molecule has 2 aliphatic heterocycles. The smallest absolute Gasteiger partial charge is 0.337 e. The number of hydrogen-bond acceptors (Lipinski definition) is 6. The number of pyridine rings is 1. The minimum atomic E-state index is -0.969. The van der Waals surface area contributed by atoms with Gasteiger partial charge in [-0.05, 0) is 62.8 Å². The predicted molar refractivity (Wildman–Crippen MR) is 122 cm³/mol. The Kier molecular flexibility index (Phi) is 5.32. The fourth-order valence-electron chi connectivity index (χ4n) is 5.50. The van der Waals surface area contributed by atoms with Crippen LogP contribution in [0, 0.1) is 5.82 Å². The van der Waals surface area contributed by atoms with E-state index in [9.17, 15) is 9.18 Å². The highest BCUT2D eigenvalue weighted by atomic mass is 19.1. The lowest BCUT2D eigenvalue weighted by Gasteiger charge is -2.39. The van der Waals surface area contributed by atoms with Crippen LogP contribution in [0.5, 0.6) is 0 Å². The number of halogens is 1. The van der Waals surface area contributed by atoms with Crippen LogP contribution in [-0.2, 0) is 11.3 Å². The van der Waals surface area contributed by atoms with Gasteiger partial charge in [0.05, 0.1) is 18.3 Å². The molecule has 2 saturated heterocycles. The molecule has 1 aliphatic carbocycles. The number of benzene rings is 1. The number of hydrogen-bond donors (Lipinski definition) is 1. The first-order valence-corrected chi connectivity index (χ1v) is 11.9. The van der Waals surface area contributed by atoms with Crippen molar-refractivity contribution in [2.45, 2.75) is 69.2 Å². The molecule has 3 fully saturated rings. The van der Waals surface area contributed by atoms with Crippen LogP contribution in [0.3, 0.4) is 0 Å². The zero-order chi connectivity index (χ0) is 23.2. The molecule has 2 unspecified atom stereocenters. The first-order valence-electron chi connectivity index (χ1n) is 11.9. The van der Waals surface area contributed by atoms with Crippen molar-refractivity contribution in [2.24, 2.45) is 0 Å². The van der Waals surface area contributed by atoms with Crippen LogP contribution in [0.4, 0.5) is 10.2 Å². The highest BCUT2D eigenvalue weighted by Crippen LogP contribution is 2.45. The van der Waals surface area contributed by atoms with Crippen LogP contribution in [-0.4, -0.2) is 39.4 Å². The molecule has 3 aromatic rings. The fraction of sp³-hybridized carbons (Fsp3) is 0.423. The number of ether oxygens (including phenoxy) is 1. The maximum absolute atomic E-state index is 14.5. The molecule has 6 rings (SSSR count). The molecule has 2 atom stereocenters. The van der Waals surface area contributed by atoms with Gasteiger partial charge in [-0.1, -0.05) is 17.3 Å². The van der Waals surface area contributed by atoms with Crippen molar-refractivity contribution >= 4 is 11.8 Å². The van der Waals surface area contributed by atoms with Gasteiger partial charge in [0, 0.05) is 35.3 Å². The normalized spacial score (nSPS) is 23.9. The average molecular weight is 464 g/mol. The van der Waals surface area contributed by atoms with Gasteiger partial charge in [0.1, 0.15) is 23.1 Å². The molecule has 7 nitrogen and oxygen atoms in total. The Morgan fingerprint density at radius 2 is 1.88 bits per heavy atom. The first-order chi connectivity index (χ1) is 16.6. The molecular weight excluding hydrogens is 437 g/mol. The molecule has 2 bridgehead atoms. The molecule has 3 aliphatic rings. The average Bonchev–Trinajstić information content (AvgIpc) is 3.55. The van der Waals surface area contributed by atoms with Gasteiger partial charge in [0.15, 0.2) is 0 Å². The Morgan fingerprint density at radius 1 is 1.12 bits per heavy atom. The summed E-state index contributed by atoms with van der Waals surface area (Å²) in [5.74, 6) is 0.731. The summed E-state index contributed by atoms with van der Waals surface area (Å²) in [5.41, 5.74) is 2.05. The van der Waals surface area contributed by atoms with E-state index in [1.165, 1.54) is 12.3 Å². The van der Waals surface area contributed by atoms with Crippen molar-refractivity contribution in [1.29, 1.82) is 0 Å². The molecule has 0 spiro atoms. The topological polar surface area (TPSA) is 88.7 Å². The second-order valence-corrected chi connectivity index (χ2v) is 9.54. The Hall–Kier alpha value is -3.26. The number of aromatic carboxylic acids is 1. The molecule has 4 heterocycles. The lowest BCUT2D eigenvalue weighted by Crippen LogP contribution is -2.46. The summed E-state index contributed by atoms with van der Waals surface area (Å²) in [6.07, 6.45) is 7.51. The molecular formula is C26H26FN3O4. The number of nitrogens with zero attached hydrogens (tertiary/aromatic N) is 3. The van der Waals surface area contributed by atoms with Crippen molar-refractivity contribution in [1.82, 2.24) is 10.1 Å². The number of carboxylic acids is 1. The van der Waals surface area contributed by atoms with E-state index in [1.807, 2.05) is 0 Å². The molecule has 1 aromatic carbocycles. The van der Waals surface area contributed by atoms with Gasteiger partial charge in [0.2, 0.25) is 0 Å². The highest BCUT2D eigenvalue weighted by molar-refractivity contribution is 5.87. The summed E-state index contributed by atoms with van der Waals surface area (Å²) < 4.78 is 26.6. The van der Waals surface area contributed by atoms with E-state index in [2.05, 4.69) is 15.0 Å². The van der Waals surface area contributed by atoms with Gasteiger partial charge in [-0.2, -0.15) is 0 Å². The third kappa shape index (κ3) is 3.86. The van der Waals surface area contributed by atoms with Crippen LogP contribution in [0.2, 0.25) is 0 Å². The second kappa shape index (κ2) is 8.51. The Labute approximate surface area is 196 Å². The summed E-state index contributed by atoms with van der Waals surface area (Å²) in [7, 11) is 0. The van der Waals surface area contributed by atoms with Crippen molar-refractivity contribution < 1.29 is 23.6 Å². The van der Waals surface area contributed by atoms with Crippen molar-refractivity contribution in [3.05, 3.63) is 65.3 Å². The summed E-state index contributed by atoms with van der Waals surface area (Å²) in [5, 5.41) is 13.4. The quantitative estimate of drug-likeness (QED) is 0.517. The van der Waals surface area contributed by atoms with E-state index in [-0.39, 0.29) is 17.5 Å². The van der Waals surface area contributed by atoms with Gasteiger partial charge < -0.3 is 19.3 Å². The third-order valence-electron chi connectivity index (χ3n) is 7.31. The van der Waals surface area contributed by atoms with Crippen molar-refractivity contribution in [3.8, 4) is 11.3 Å². The standard InChI is InChI=1S/C26H26FN3O4/c27-22-4-2-1-3-20(22)24-21(25(34-29-24)15-5-6-15)14-33-19-11-17-8-9-18(12-19)30(17)23-10-7-16(13-28-23)26(31)32/h1-4,7,10,13,15,17-19H,5-6,8-9,11-12,14H2,(H,31,32). The monoisotopic (exact) mass is 463 g/mol. The number of fused-ring (bicyclic) bond motifs is 2. The number of carboxylic acid groups (broad SMARTS) is 1. The molecule has 0 amide bonds.